The molecule has 0 fully saturated rings. The Morgan fingerprint density at radius 1 is 0.600 bits per heavy atom. The van der Waals surface area contributed by atoms with Gasteiger partial charge < -0.3 is 9.66 Å². The van der Waals surface area contributed by atoms with E-state index in [4.69, 9.17) is 0 Å². The average Bonchev–Trinajstić information content (AvgIpc) is 2.67. The molecule has 2 atom stereocenters. The maximum absolute atomic E-state index is 11.5. The van der Waals surface area contributed by atoms with Gasteiger partial charge in [-0.15, -0.1) is 0 Å². The Kier molecular flexibility index (Phi) is 26.6. The Bertz CT molecular complexity index is 442. The van der Waals surface area contributed by atoms with E-state index in [9.17, 15) is 18.1 Å². The second kappa shape index (κ2) is 23.7. The third-order valence-corrected chi connectivity index (χ3v) is 7.28. The van der Waals surface area contributed by atoms with Crippen LogP contribution in [0.5, 0.6) is 0 Å². The minimum atomic E-state index is -4.16. The van der Waals surface area contributed by atoms with Gasteiger partial charge in [-0.1, -0.05) is 117 Å². The number of aliphatic hydroxyl groups excluding tert-OH is 1. The van der Waals surface area contributed by atoms with Crippen LogP contribution in [0.25, 0.3) is 0 Å². The molecule has 0 aromatic rings. The molecule has 0 rings (SSSR count). The smallest absolute Gasteiger partial charge is 0.748 e. The van der Waals surface area contributed by atoms with Gasteiger partial charge in [-0.25, -0.2) is 8.42 Å². The molecular formula is C24H49KO4S. The van der Waals surface area contributed by atoms with Crippen molar-refractivity contribution in [1.82, 2.24) is 0 Å². The Labute approximate surface area is 230 Å². The monoisotopic (exact) mass is 472 g/mol. The summed E-state index contributed by atoms with van der Waals surface area (Å²) < 4.78 is 34.4. The molecule has 0 heterocycles. The molecule has 0 aromatic carbocycles. The molecule has 2 unspecified atom stereocenters. The molecule has 0 radical (unpaired) electrons. The molecule has 0 aliphatic carbocycles. The second-order valence-electron chi connectivity index (χ2n) is 8.87. The van der Waals surface area contributed by atoms with Gasteiger partial charge in [-0.3, -0.25) is 0 Å². The Balaban J connectivity index is 0. The van der Waals surface area contributed by atoms with Crippen LogP contribution in [0.4, 0.5) is 0 Å². The van der Waals surface area contributed by atoms with Crippen molar-refractivity contribution >= 4 is 10.1 Å². The van der Waals surface area contributed by atoms with Crippen LogP contribution in [-0.2, 0) is 10.1 Å². The summed E-state index contributed by atoms with van der Waals surface area (Å²) in [5.74, 6) is 0. The van der Waals surface area contributed by atoms with E-state index in [-0.39, 0.29) is 57.5 Å². The Hall–Kier alpha value is 1.51. The number of aliphatic hydroxyl groups is 1. The third kappa shape index (κ3) is 22.7. The van der Waals surface area contributed by atoms with Crippen molar-refractivity contribution in [3.05, 3.63) is 0 Å². The fourth-order valence-electron chi connectivity index (χ4n) is 4.00. The van der Waals surface area contributed by atoms with E-state index in [1.54, 1.807) is 0 Å². The van der Waals surface area contributed by atoms with Gasteiger partial charge >= 0.3 is 51.4 Å². The zero-order chi connectivity index (χ0) is 21.8. The van der Waals surface area contributed by atoms with Crippen molar-refractivity contribution < 1.29 is 69.5 Å². The van der Waals surface area contributed by atoms with Crippen molar-refractivity contribution in [1.29, 1.82) is 0 Å². The number of hydrogen-bond acceptors (Lipinski definition) is 4. The molecule has 4 nitrogen and oxygen atoms in total. The quantitative estimate of drug-likeness (QED) is 0.146. The van der Waals surface area contributed by atoms with Gasteiger partial charge in [0.05, 0.1) is 16.2 Å². The van der Waals surface area contributed by atoms with Crippen LogP contribution in [0.3, 0.4) is 0 Å². The summed E-state index contributed by atoms with van der Waals surface area (Å²) in [5.41, 5.74) is 0. The summed E-state index contributed by atoms with van der Waals surface area (Å²) >= 11 is 0. The Morgan fingerprint density at radius 2 is 0.900 bits per heavy atom. The van der Waals surface area contributed by atoms with Crippen LogP contribution in [0.1, 0.15) is 142 Å². The molecule has 0 aliphatic rings. The summed E-state index contributed by atoms with van der Waals surface area (Å²) in [6, 6.07) is 0. The molecule has 0 aliphatic heterocycles. The topological polar surface area (TPSA) is 77.4 Å². The molecule has 0 saturated heterocycles. The average molecular weight is 473 g/mol. The summed E-state index contributed by atoms with van der Waals surface area (Å²) in [6.07, 6.45) is 20.6. The van der Waals surface area contributed by atoms with Crippen molar-refractivity contribution in [2.45, 2.75) is 154 Å². The SMILES string of the molecule is CCCCCCCC(O)CCCCCCCCC(CCCCCCC)S(=O)(=O)[O-].[K+]. The van der Waals surface area contributed by atoms with Gasteiger partial charge in [-0.05, 0) is 25.7 Å². The first-order valence-electron chi connectivity index (χ1n) is 12.5. The molecular weight excluding hydrogens is 423 g/mol. The van der Waals surface area contributed by atoms with Crippen LogP contribution >= 0.6 is 0 Å². The van der Waals surface area contributed by atoms with Gasteiger partial charge in [0.2, 0.25) is 0 Å². The van der Waals surface area contributed by atoms with Crippen LogP contribution in [0.2, 0.25) is 0 Å². The molecule has 0 bridgehead atoms. The summed E-state index contributed by atoms with van der Waals surface area (Å²) in [4.78, 5) is 0. The largest absolute Gasteiger partial charge is 1.00 e. The molecule has 0 aromatic heterocycles. The van der Waals surface area contributed by atoms with E-state index in [1.807, 2.05) is 0 Å². The number of unbranched alkanes of at least 4 members (excludes halogenated alkanes) is 13. The standard InChI is InChI=1S/C24H50O4S.K/c1-3-5-7-11-15-19-23(25)20-16-13-9-10-14-18-22-24(29(26,27)28)21-17-12-8-6-4-2;/h23-25H,3-22H2,1-2H3,(H,26,27,28);/q;+1/p-1. The summed E-state index contributed by atoms with van der Waals surface area (Å²) in [6.45, 7) is 4.37. The van der Waals surface area contributed by atoms with E-state index in [0.717, 1.165) is 77.0 Å². The van der Waals surface area contributed by atoms with Gasteiger partial charge in [0.15, 0.2) is 0 Å². The van der Waals surface area contributed by atoms with E-state index in [0.29, 0.717) is 12.8 Å². The van der Waals surface area contributed by atoms with Gasteiger partial charge in [0, 0.05) is 5.25 Å². The van der Waals surface area contributed by atoms with Gasteiger partial charge in [0.25, 0.3) is 0 Å². The van der Waals surface area contributed by atoms with E-state index in [1.165, 1.54) is 38.5 Å². The fraction of sp³-hybridized carbons (Fsp3) is 1.00. The Morgan fingerprint density at radius 3 is 1.23 bits per heavy atom. The fourth-order valence-corrected chi connectivity index (χ4v) is 4.91. The molecule has 0 spiro atoms. The molecule has 30 heavy (non-hydrogen) atoms. The van der Waals surface area contributed by atoms with Crippen LogP contribution in [0, 0.1) is 0 Å². The first-order chi connectivity index (χ1) is 13.9. The van der Waals surface area contributed by atoms with Gasteiger partial charge in [0.1, 0.15) is 0 Å². The first-order valence-corrected chi connectivity index (χ1v) is 14.0. The maximum atomic E-state index is 11.5. The molecule has 176 valence electrons. The van der Waals surface area contributed by atoms with Crippen molar-refractivity contribution in [2.24, 2.45) is 0 Å². The van der Waals surface area contributed by atoms with Crippen molar-refractivity contribution in [2.75, 3.05) is 0 Å². The minimum absolute atomic E-state index is 0. The van der Waals surface area contributed by atoms with Crippen LogP contribution in [0.15, 0.2) is 0 Å². The van der Waals surface area contributed by atoms with E-state index in [2.05, 4.69) is 13.8 Å². The van der Waals surface area contributed by atoms with Crippen LogP contribution < -0.4 is 51.4 Å². The van der Waals surface area contributed by atoms with Crippen molar-refractivity contribution in [3.8, 4) is 0 Å². The van der Waals surface area contributed by atoms with Crippen LogP contribution in [-0.4, -0.2) is 29.4 Å². The zero-order valence-corrected chi connectivity index (χ0v) is 24.3. The molecule has 0 amide bonds. The second-order valence-corrected chi connectivity index (χ2v) is 10.5. The predicted octanol–water partition coefficient (Wildman–Crippen LogP) is 4.11. The third-order valence-electron chi connectivity index (χ3n) is 5.99. The van der Waals surface area contributed by atoms with E-state index >= 15 is 0 Å². The summed E-state index contributed by atoms with van der Waals surface area (Å²) in [5, 5.41) is 9.33. The predicted molar refractivity (Wildman–Crippen MR) is 123 cm³/mol. The minimum Gasteiger partial charge on any atom is -0.748 e. The molecule has 6 heteroatoms. The summed E-state index contributed by atoms with van der Waals surface area (Å²) in [7, 11) is -4.16. The van der Waals surface area contributed by atoms with E-state index < -0.39 is 15.4 Å². The molecule has 1 N–H and O–H groups in total. The normalized spacial score (nSPS) is 13.7. The zero-order valence-electron chi connectivity index (χ0n) is 20.4. The van der Waals surface area contributed by atoms with Crippen molar-refractivity contribution in [3.63, 3.8) is 0 Å². The number of rotatable bonds is 22. The number of hydrogen-bond donors (Lipinski definition) is 1. The molecule has 0 saturated carbocycles. The maximum Gasteiger partial charge on any atom is 1.00 e. The van der Waals surface area contributed by atoms with Gasteiger partial charge in [-0.2, -0.15) is 0 Å². The first kappa shape index (κ1) is 33.7.